The minimum absolute atomic E-state index is 0.137. The van der Waals surface area contributed by atoms with Crippen LogP contribution in [0.25, 0.3) is 0 Å². The number of unbranched alkanes of at least 4 members (excludes halogenated alkanes) is 4. The van der Waals surface area contributed by atoms with Crippen LogP contribution in [0, 0.1) is 5.92 Å². The van der Waals surface area contributed by atoms with Gasteiger partial charge in [0, 0.05) is 12.5 Å². The summed E-state index contributed by atoms with van der Waals surface area (Å²) in [5.74, 6) is -0.131. The molecule has 2 saturated heterocycles. The molecule has 0 aromatic heterocycles. The number of nitrogens with zero attached hydrogens (tertiary/aromatic N) is 2. The van der Waals surface area contributed by atoms with E-state index in [1.54, 1.807) is 0 Å². The van der Waals surface area contributed by atoms with Crippen molar-refractivity contribution in [3.63, 3.8) is 0 Å². The van der Waals surface area contributed by atoms with Gasteiger partial charge in [-0.1, -0.05) is 38.5 Å². The summed E-state index contributed by atoms with van der Waals surface area (Å²) in [6.07, 6.45) is 11.9. The first-order chi connectivity index (χ1) is 14.5. The van der Waals surface area contributed by atoms with Gasteiger partial charge < -0.3 is 20.2 Å². The molecule has 7 atom stereocenters. The number of aliphatic imine (C=N–C) groups is 1. The van der Waals surface area contributed by atoms with E-state index in [-0.39, 0.29) is 18.6 Å². The van der Waals surface area contributed by atoms with Crippen LogP contribution in [0.15, 0.2) is 4.99 Å². The molecule has 0 aliphatic carbocycles. The van der Waals surface area contributed by atoms with E-state index in [2.05, 4.69) is 16.8 Å². The highest BCUT2D eigenvalue weighted by molar-refractivity contribution is 5.67. The Morgan fingerprint density at radius 2 is 2.00 bits per heavy atom. The summed E-state index contributed by atoms with van der Waals surface area (Å²) in [5, 5.41) is 28.9. The third-order valence-electron chi connectivity index (χ3n) is 7.70. The summed E-state index contributed by atoms with van der Waals surface area (Å²) >= 11 is 0. The second-order valence-electron chi connectivity index (χ2n) is 9.83. The summed E-state index contributed by atoms with van der Waals surface area (Å²) in [6.45, 7) is 5.17. The fraction of sp³-hybridized carbons (Fsp3) is 0.913. The van der Waals surface area contributed by atoms with Gasteiger partial charge in [-0.15, -0.1) is 0 Å². The zero-order chi connectivity index (χ0) is 21.5. The molecule has 0 amide bonds. The van der Waals surface area contributed by atoms with E-state index in [1.807, 2.05) is 6.21 Å². The van der Waals surface area contributed by atoms with Gasteiger partial charge >= 0.3 is 5.97 Å². The zero-order valence-corrected chi connectivity index (χ0v) is 18.6. The second-order valence-corrected chi connectivity index (χ2v) is 9.83. The molecule has 7 nitrogen and oxygen atoms in total. The lowest BCUT2D eigenvalue weighted by Crippen LogP contribution is -3.16. The monoisotopic (exact) mass is 424 g/mol. The van der Waals surface area contributed by atoms with Crippen molar-refractivity contribution in [3.05, 3.63) is 0 Å². The molecule has 30 heavy (non-hydrogen) atoms. The number of aliphatic hydroxyl groups excluding tert-OH is 2. The van der Waals surface area contributed by atoms with Crippen LogP contribution in [0.2, 0.25) is 0 Å². The molecule has 7 unspecified atom stereocenters. The lowest BCUT2D eigenvalue weighted by molar-refractivity contribution is -0.915. The molecule has 172 valence electrons. The van der Waals surface area contributed by atoms with Crippen molar-refractivity contribution in [1.82, 2.24) is 4.90 Å². The molecular weight excluding hydrogens is 382 g/mol. The number of hydrogen-bond donors (Lipinski definition) is 4. The van der Waals surface area contributed by atoms with E-state index in [9.17, 15) is 15.0 Å². The van der Waals surface area contributed by atoms with Crippen molar-refractivity contribution in [2.75, 3.05) is 19.8 Å². The molecule has 3 rings (SSSR count). The van der Waals surface area contributed by atoms with Crippen molar-refractivity contribution < 1.29 is 25.0 Å². The van der Waals surface area contributed by atoms with Crippen LogP contribution in [0.5, 0.6) is 0 Å². The standard InChI is InChI=1S/C23H41N3O4/c1-17-22(28)15-20(25-12-10-24-16-25)21-13-18(9-11-26(17)21)7-5-3-2-4-6-8-19(27)14-23(29)30/h10,17-22,27-28H,2-9,11-16H2,1H3,(H,29,30)/p+1. The Morgan fingerprint density at radius 1 is 1.23 bits per heavy atom. The Kier molecular flexibility index (Phi) is 9.11. The number of aliphatic hydroxyl groups is 2. The van der Waals surface area contributed by atoms with Gasteiger partial charge in [0.05, 0.1) is 30.9 Å². The predicted octanol–water partition coefficient (Wildman–Crippen LogP) is 1.08. The van der Waals surface area contributed by atoms with E-state index in [0.29, 0.717) is 18.5 Å². The maximum atomic E-state index is 10.6. The molecule has 3 aliphatic heterocycles. The minimum Gasteiger partial charge on any atom is -0.481 e. The first-order valence-corrected chi connectivity index (χ1v) is 12.1. The van der Waals surface area contributed by atoms with E-state index in [4.69, 9.17) is 5.11 Å². The number of nitrogens with one attached hydrogen (secondary N) is 1. The summed E-state index contributed by atoms with van der Waals surface area (Å²) < 4.78 is 0. The van der Waals surface area contributed by atoms with Crippen LogP contribution in [0.4, 0.5) is 0 Å². The number of carboxylic acids is 1. The number of quaternary nitrogens is 1. The Balaban J connectivity index is 1.35. The number of carbonyl (C=O) groups is 1. The average Bonchev–Trinajstić information content (AvgIpc) is 3.24. The molecule has 0 spiro atoms. The van der Waals surface area contributed by atoms with Crippen LogP contribution in [-0.2, 0) is 4.79 Å². The van der Waals surface area contributed by atoms with Gasteiger partial charge in [0.15, 0.2) is 6.67 Å². The molecule has 3 aliphatic rings. The topological polar surface area (TPSA) is 97.8 Å². The molecule has 0 aromatic rings. The Labute approximate surface area is 181 Å². The van der Waals surface area contributed by atoms with Crippen molar-refractivity contribution in [1.29, 1.82) is 0 Å². The van der Waals surface area contributed by atoms with E-state index in [0.717, 1.165) is 44.9 Å². The lowest BCUT2D eigenvalue weighted by Gasteiger charge is -2.52. The maximum absolute atomic E-state index is 10.6. The van der Waals surface area contributed by atoms with Gasteiger partial charge in [0.25, 0.3) is 0 Å². The van der Waals surface area contributed by atoms with Crippen molar-refractivity contribution in [2.24, 2.45) is 10.9 Å². The van der Waals surface area contributed by atoms with Gasteiger partial charge in [-0.25, -0.2) is 4.99 Å². The number of carboxylic acid groups (broad SMARTS) is 1. The highest BCUT2D eigenvalue weighted by Gasteiger charge is 2.47. The fourth-order valence-electron chi connectivity index (χ4n) is 5.87. The van der Waals surface area contributed by atoms with Gasteiger partial charge in [0.2, 0.25) is 0 Å². The van der Waals surface area contributed by atoms with E-state index >= 15 is 0 Å². The molecule has 0 saturated carbocycles. The number of piperidine rings is 2. The highest BCUT2D eigenvalue weighted by Crippen LogP contribution is 2.34. The minimum atomic E-state index is -0.920. The van der Waals surface area contributed by atoms with Gasteiger partial charge in [-0.2, -0.15) is 0 Å². The van der Waals surface area contributed by atoms with Crippen LogP contribution < -0.4 is 4.90 Å². The summed E-state index contributed by atoms with van der Waals surface area (Å²) in [6, 6.07) is 1.35. The van der Waals surface area contributed by atoms with E-state index < -0.39 is 12.1 Å². The third-order valence-corrected chi connectivity index (χ3v) is 7.70. The van der Waals surface area contributed by atoms with Crippen LogP contribution >= 0.6 is 0 Å². The van der Waals surface area contributed by atoms with Crippen LogP contribution in [-0.4, -0.2) is 82.5 Å². The normalized spacial score (nSPS) is 35.3. The molecule has 2 fully saturated rings. The van der Waals surface area contributed by atoms with Crippen LogP contribution in [0.3, 0.4) is 0 Å². The second kappa shape index (κ2) is 11.6. The first-order valence-electron chi connectivity index (χ1n) is 12.1. The molecule has 7 heteroatoms. The molecule has 0 aromatic carbocycles. The first kappa shape index (κ1) is 23.6. The van der Waals surface area contributed by atoms with Crippen molar-refractivity contribution in [3.8, 4) is 0 Å². The largest absolute Gasteiger partial charge is 0.481 e. The Morgan fingerprint density at radius 3 is 2.73 bits per heavy atom. The summed E-state index contributed by atoms with van der Waals surface area (Å²) in [4.78, 5) is 19.1. The molecule has 0 radical (unpaired) electrons. The average molecular weight is 425 g/mol. The van der Waals surface area contributed by atoms with Gasteiger partial charge in [0.1, 0.15) is 12.6 Å². The smallest absolute Gasteiger partial charge is 0.305 e. The number of aliphatic carboxylic acids is 1. The van der Waals surface area contributed by atoms with E-state index in [1.165, 1.54) is 43.4 Å². The Bertz CT molecular complexity index is 565. The van der Waals surface area contributed by atoms with Crippen molar-refractivity contribution >= 4 is 12.2 Å². The number of hydrogen-bond acceptors (Lipinski definition) is 5. The molecule has 4 N–H and O–H groups in total. The summed E-state index contributed by atoms with van der Waals surface area (Å²) in [7, 11) is 0. The Hall–Kier alpha value is -1.02. The predicted molar refractivity (Wildman–Crippen MR) is 117 cm³/mol. The summed E-state index contributed by atoms with van der Waals surface area (Å²) in [5.41, 5.74) is 0. The SMILES string of the molecule is CC1C(O)CC([NH+]2CC=NC2)C2CC(CCCCCCCC(O)CC(=O)O)CCN12. The van der Waals surface area contributed by atoms with Crippen molar-refractivity contribution in [2.45, 2.75) is 108 Å². The molecule has 3 heterocycles. The van der Waals surface area contributed by atoms with Gasteiger partial charge in [-0.3, -0.25) is 9.69 Å². The maximum Gasteiger partial charge on any atom is 0.305 e. The fourth-order valence-corrected chi connectivity index (χ4v) is 5.87. The lowest BCUT2D eigenvalue weighted by atomic mass is 9.77. The van der Waals surface area contributed by atoms with Crippen LogP contribution in [0.1, 0.15) is 77.6 Å². The third kappa shape index (κ3) is 6.49. The van der Waals surface area contributed by atoms with Gasteiger partial charge in [-0.05, 0) is 38.6 Å². The molecule has 0 bridgehead atoms. The molecular formula is C23H42N3O4+. The zero-order valence-electron chi connectivity index (χ0n) is 18.6. The number of fused-ring (bicyclic) bond motifs is 1. The number of rotatable bonds is 11. The quantitative estimate of drug-likeness (QED) is 0.372. The highest BCUT2D eigenvalue weighted by atomic mass is 16.4.